The summed E-state index contributed by atoms with van der Waals surface area (Å²) in [5.74, 6) is -0.306. The number of carbonyl (C=O) groups excluding carboxylic acids is 1. The van der Waals surface area contributed by atoms with Crippen molar-refractivity contribution in [1.29, 1.82) is 0 Å². The molecule has 0 saturated heterocycles. The Morgan fingerprint density at radius 1 is 1.59 bits per heavy atom. The van der Waals surface area contributed by atoms with E-state index in [1.54, 1.807) is 14.0 Å². The summed E-state index contributed by atoms with van der Waals surface area (Å²) < 4.78 is 10.4. The number of hydrogen-bond acceptors (Lipinski definition) is 5. The van der Waals surface area contributed by atoms with Crippen LogP contribution in [0, 0.1) is 0 Å². The molecule has 1 atom stereocenters. The van der Waals surface area contributed by atoms with E-state index in [0.717, 1.165) is 24.8 Å². The maximum Gasteiger partial charge on any atom is 0.341 e. The predicted molar refractivity (Wildman–Crippen MR) is 67.5 cm³/mol. The van der Waals surface area contributed by atoms with Crippen LogP contribution in [-0.2, 0) is 22.3 Å². The Balaban J connectivity index is 2.33. The Morgan fingerprint density at radius 3 is 3.00 bits per heavy atom. The normalized spacial score (nSPS) is 18.8. The fourth-order valence-corrected chi connectivity index (χ4v) is 3.30. The molecule has 1 aliphatic carbocycles. The van der Waals surface area contributed by atoms with Gasteiger partial charge in [0, 0.05) is 18.4 Å². The van der Waals surface area contributed by atoms with E-state index in [1.165, 1.54) is 16.2 Å². The lowest BCUT2D eigenvalue weighted by Crippen LogP contribution is -2.22. The first kappa shape index (κ1) is 12.4. The van der Waals surface area contributed by atoms with E-state index in [-0.39, 0.29) is 12.1 Å². The molecular weight excluding hydrogens is 238 g/mol. The van der Waals surface area contributed by atoms with E-state index in [0.29, 0.717) is 17.2 Å². The summed E-state index contributed by atoms with van der Waals surface area (Å²) in [4.78, 5) is 13.1. The number of esters is 1. The molecule has 17 heavy (non-hydrogen) atoms. The van der Waals surface area contributed by atoms with E-state index < -0.39 is 0 Å². The van der Waals surface area contributed by atoms with Crippen molar-refractivity contribution in [2.24, 2.45) is 0 Å². The van der Waals surface area contributed by atoms with Crippen molar-refractivity contribution in [3.05, 3.63) is 16.0 Å². The van der Waals surface area contributed by atoms with Crippen LogP contribution in [-0.4, -0.2) is 25.8 Å². The van der Waals surface area contributed by atoms with Gasteiger partial charge >= 0.3 is 5.97 Å². The van der Waals surface area contributed by atoms with Crippen molar-refractivity contribution in [3.63, 3.8) is 0 Å². The largest absolute Gasteiger partial charge is 0.462 e. The molecule has 94 valence electrons. The van der Waals surface area contributed by atoms with E-state index in [2.05, 4.69) is 0 Å². The molecular formula is C12H17NO3S. The molecule has 0 spiro atoms. The molecule has 4 nitrogen and oxygen atoms in total. The molecule has 2 rings (SSSR count). The quantitative estimate of drug-likeness (QED) is 0.839. The first-order chi connectivity index (χ1) is 8.17. The van der Waals surface area contributed by atoms with E-state index >= 15 is 0 Å². The highest BCUT2D eigenvalue weighted by Crippen LogP contribution is 2.37. The van der Waals surface area contributed by atoms with Crippen LogP contribution in [0.1, 0.15) is 34.1 Å². The molecule has 0 amide bonds. The second-order valence-electron chi connectivity index (χ2n) is 4.06. The number of methoxy groups -OCH3 is 1. The standard InChI is InChI=1S/C12H17NO3S/c1-3-16-12(14)10-8-6-7(15-2)4-5-9(8)17-11(10)13/h7H,3-6,13H2,1-2H3. The summed E-state index contributed by atoms with van der Waals surface area (Å²) in [6.45, 7) is 2.17. The molecule has 1 unspecified atom stereocenters. The number of anilines is 1. The lowest BCUT2D eigenvalue weighted by Gasteiger charge is -2.21. The second-order valence-corrected chi connectivity index (χ2v) is 5.20. The molecule has 1 aromatic heterocycles. The molecule has 1 aliphatic rings. The first-order valence-corrected chi connectivity index (χ1v) is 6.59. The minimum Gasteiger partial charge on any atom is -0.462 e. The van der Waals surface area contributed by atoms with Gasteiger partial charge in [0.1, 0.15) is 5.00 Å². The molecule has 1 heterocycles. The average molecular weight is 255 g/mol. The smallest absolute Gasteiger partial charge is 0.341 e. The summed E-state index contributed by atoms with van der Waals surface area (Å²) in [7, 11) is 1.70. The molecule has 0 saturated carbocycles. The molecule has 0 aromatic carbocycles. The summed E-state index contributed by atoms with van der Waals surface area (Å²) >= 11 is 1.50. The third-order valence-electron chi connectivity index (χ3n) is 3.06. The van der Waals surface area contributed by atoms with Gasteiger partial charge in [-0.3, -0.25) is 0 Å². The third-order valence-corrected chi connectivity index (χ3v) is 4.18. The van der Waals surface area contributed by atoms with Crippen LogP contribution in [0.3, 0.4) is 0 Å². The Bertz CT molecular complexity index is 428. The van der Waals surface area contributed by atoms with Gasteiger partial charge < -0.3 is 15.2 Å². The highest BCUT2D eigenvalue weighted by molar-refractivity contribution is 7.16. The molecule has 0 fully saturated rings. The fraction of sp³-hybridized carbons (Fsp3) is 0.583. The number of nitrogen functional groups attached to an aromatic ring is 1. The van der Waals surface area contributed by atoms with E-state index in [4.69, 9.17) is 15.2 Å². The van der Waals surface area contributed by atoms with Crippen molar-refractivity contribution in [2.75, 3.05) is 19.5 Å². The van der Waals surface area contributed by atoms with Crippen molar-refractivity contribution in [2.45, 2.75) is 32.3 Å². The van der Waals surface area contributed by atoms with Crippen LogP contribution in [0.4, 0.5) is 5.00 Å². The number of hydrogen-bond donors (Lipinski definition) is 1. The number of fused-ring (bicyclic) bond motifs is 1. The Hall–Kier alpha value is -1.07. The van der Waals surface area contributed by atoms with Crippen molar-refractivity contribution in [3.8, 4) is 0 Å². The van der Waals surface area contributed by atoms with Crippen LogP contribution in [0.15, 0.2) is 0 Å². The van der Waals surface area contributed by atoms with Gasteiger partial charge in [0.2, 0.25) is 0 Å². The zero-order valence-corrected chi connectivity index (χ0v) is 10.9. The maximum atomic E-state index is 11.9. The number of ether oxygens (including phenoxy) is 2. The van der Waals surface area contributed by atoms with Gasteiger partial charge in [0.25, 0.3) is 0 Å². The number of rotatable bonds is 3. The molecule has 1 aromatic rings. The highest BCUT2D eigenvalue weighted by atomic mass is 32.1. The first-order valence-electron chi connectivity index (χ1n) is 5.77. The lowest BCUT2D eigenvalue weighted by atomic mass is 9.93. The Kier molecular flexibility index (Phi) is 3.69. The zero-order valence-electron chi connectivity index (χ0n) is 10.1. The number of aryl methyl sites for hydroxylation is 1. The maximum absolute atomic E-state index is 11.9. The minimum atomic E-state index is -0.306. The van der Waals surface area contributed by atoms with Gasteiger partial charge in [-0.1, -0.05) is 0 Å². The molecule has 5 heteroatoms. The highest BCUT2D eigenvalue weighted by Gasteiger charge is 2.28. The number of thiophene rings is 1. The third kappa shape index (κ3) is 2.30. The summed E-state index contributed by atoms with van der Waals surface area (Å²) in [6.07, 6.45) is 2.87. The van der Waals surface area contributed by atoms with Gasteiger partial charge in [-0.2, -0.15) is 0 Å². The van der Waals surface area contributed by atoms with Crippen LogP contribution in [0.2, 0.25) is 0 Å². The zero-order chi connectivity index (χ0) is 12.4. The Labute approximate surface area is 105 Å². The molecule has 0 bridgehead atoms. The van der Waals surface area contributed by atoms with Crippen LogP contribution < -0.4 is 5.73 Å². The summed E-state index contributed by atoms with van der Waals surface area (Å²) in [6, 6.07) is 0. The monoisotopic (exact) mass is 255 g/mol. The lowest BCUT2D eigenvalue weighted by molar-refractivity contribution is 0.0523. The Morgan fingerprint density at radius 2 is 2.35 bits per heavy atom. The van der Waals surface area contributed by atoms with Crippen molar-refractivity contribution < 1.29 is 14.3 Å². The molecule has 2 N–H and O–H groups in total. The van der Waals surface area contributed by atoms with Gasteiger partial charge in [-0.25, -0.2) is 4.79 Å². The number of nitrogens with two attached hydrogens (primary N) is 1. The van der Waals surface area contributed by atoms with Crippen molar-refractivity contribution >= 4 is 22.3 Å². The van der Waals surface area contributed by atoms with Gasteiger partial charge in [0.05, 0.1) is 18.3 Å². The minimum absolute atomic E-state index is 0.185. The molecule has 0 radical (unpaired) electrons. The second kappa shape index (κ2) is 5.06. The van der Waals surface area contributed by atoms with E-state index in [1.807, 2.05) is 0 Å². The SMILES string of the molecule is CCOC(=O)c1c(N)sc2c1CC(OC)CC2. The fourth-order valence-electron chi connectivity index (χ4n) is 2.20. The van der Waals surface area contributed by atoms with E-state index in [9.17, 15) is 4.79 Å². The van der Waals surface area contributed by atoms with Gasteiger partial charge in [-0.15, -0.1) is 11.3 Å². The summed E-state index contributed by atoms with van der Waals surface area (Å²) in [5, 5.41) is 0.574. The van der Waals surface area contributed by atoms with Crippen LogP contribution >= 0.6 is 11.3 Å². The van der Waals surface area contributed by atoms with Crippen LogP contribution in [0.5, 0.6) is 0 Å². The topological polar surface area (TPSA) is 61.5 Å². The van der Waals surface area contributed by atoms with Crippen LogP contribution in [0.25, 0.3) is 0 Å². The predicted octanol–water partition coefficient (Wildman–Crippen LogP) is 2.01. The van der Waals surface area contributed by atoms with Gasteiger partial charge in [-0.05, 0) is 25.3 Å². The number of carbonyl (C=O) groups is 1. The summed E-state index contributed by atoms with van der Waals surface area (Å²) in [5.41, 5.74) is 7.51. The van der Waals surface area contributed by atoms with Gasteiger partial charge in [0.15, 0.2) is 0 Å². The van der Waals surface area contributed by atoms with Crippen molar-refractivity contribution in [1.82, 2.24) is 0 Å². The average Bonchev–Trinajstić information content (AvgIpc) is 2.64. The molecule has 0 aliphatic heterocycles.